The molecule has 1 aromatic carbocycles. The smallest absolute Gasteiger partial charge is 0.102 e. The number of hydrogen-bond donors (Lipinski definition) is 0. The second kappa shape index (κ2) is 3.63. The van der Waals surface area contributed by atoms with Crippen LogP contribution in [0.15, 0.2) is 35.6 Å². The Morgan fingerprint density at radius 2 is 2.00 bits per heavy atom. The van der Waals surface area contributed by atoms with E-state index < -0.39 is 10.8 Å². The van der Waals surface area contributed by atoms with Crippen LogP contribution in [0.1, 0.15) is 0 Å². The van der Waals surface area contributed by atoms with Crippen LogP contribution >= 0.6 is 11.6 Å². The van der Waals surface area contributed by atoms with E-state index >= 15 is 0 Å². The van der Waals surface area contributed by atoms with Crippen molar-refractivity contribution in [2.24, 2.45) is 0 Å². The third kappa shape index (κ3) is 1.76. The van der Waals surface area contributed by atoms with Gasteiger partial charge in [-0.1, -0.05) is 11.6 Å². The molecule has 14 heavy (non-hydrogen) atoms. The summed E-state index contributed by atoms with van der Waals surface area (Å²) in [6, 6.07) is 6.87. The largest absolute Gasteiger partial charge is 0.860 e. The number of nitrogens with zero attached hydrogens (tertiary/aromatic N) is 1. The van der Waals surface area contributed by atoms with Gasteiger partial charge < -0.3 is 10.0 Å². The summed E-state index contributed by atoms with van der Waals surface area (Å²) >= 11 is 5.71. The van der Waals surface area contributed by atoms with Gasteiger partial charge >= 0.3 is 0 Å². The molecule has 0 spiro atoms. The topological polar surface area (TPSA) is 43.4 Å². The summed E-state index contributed by atoms with van der Waals surface area (Å²) in [6.45, 7) is 0. The molecule has 0 bridgehead atoms. The summed E-state index contributed by atoms with van der Waals surface area (Å²) in [5, 5.41) is 13.1. The van der Waals surface area contributed by atoms with E-state index in [0.29, 0.717) is 5.02 Å². The highest BCUT2D eigenvalue weighted by Crippen LogP contribution is 2.23. The second-order valence-electron chi connectivity index (χ2n) is 2.87. The number of hydrogen-bond acceptors (Lipinski definition) is 3. The predicted molar refractivity (Wildman–Crippen MR) is 55.0 cm³/mol. The molecule has 0 radical (unpaired) electrons. The molecule has 3 nitrogen and oxygen atoms in total. The molecule has 0 aliphatic carbocycles. The Bertz CT molecular complexity index is 402. The second-order valence-corrected chi connectivity index (χ2v) is 4.56. The highest BCUT2D eigenvalue weighted by molar-refractivity contribution is 7.88. The minimum Gasteiger partial charge on any atom is -0.860 e. The van der Waals surface area contributed by atoms with Crippen molar-refractivity contribution in [2.45, 2.75) is 0 Å². The first-order valence-electron chi connectivity index (χ1n) is 3.96. The zero-order valence-electron chi connectivity index (χ0n) is 7.14. The van der Waals surface area contributed by atoms with E-state index in [4.69, 9.17) is 11.6 Å². The molecule has 1 aromatic rings. The summed E-state index contributed by atoms with van der Waals surface area (Å²) < 4.78 is 11.1. The predicted octanol–water partition coefficient (Wildman–Crippen LogP) is 1.03. The zero-order chi connectivity index (χ0) is 10.1. The van der Waals surface area contributed by atoms with E-state index in [1.807, 2.05) is 0 Å². The Morgan fingerprint density at radius 1 is 1.36 bits per heavy atom. The van der Waals surface area contributed by atoms with Crippen molar-refractivity contribution in [3.63, 3.8) is 0 Å². The van der Waals surface area contributed by atoms with E-state index in [0.717, 1.165) is 5.69 Å². The fraction of sp³-hybridized carbons (Fsp3) is 0.111. The van der Waals surface area contributed by atoms with Crippen LogP contribution in [0.2, 0.25) is 5.02 Å². The molecule has 1 heterocycles. The van der Waals surface area contributed by atoms with E-state index in [1.165, 1.54) is 10.3 Å². The Hall–Kier alpha value is -1.00. The highest BCUT2D eigenvalue weighted by atomic mass is 35.5. The van der Waals surface area contributed by atoms with Gasteiger partial charge in [0.05, 0.1) is 10.8 Å². The molecule has 1 atom stereocenters. The number of benzene rings is 1. The molecule has 0 N–H and O–H groups in total. The Morgan fingerprint density at radius 3 is 2.50 bits per heavy atom. The van der Waals surface area contributed by atoms with Gasteiger partial charge in [0.1, 0.15) is 5.88 Å². The maximum Gasteiger partial charge on any atom is 0.102 e. The van der Waals surface area contributed by atoms with Gasteiger partial charge in [-0.3, -0.25) is 4.21 Å². The first kappa shape index (κ1) is 9.55. The van der Waals surface area contributed by atoms with Crippen LogP contribution in [0.25, 0.3) is 0 Å². The van der Waals surface area contributed by atoms with Gasteiger partial charge in [0.15, 0.2) is 0 Å². The lowest BCUT2D eigenvalue weighted by Gasteiger charge is -2.24. The Kier molecular flexibility index (Phi) is 2.48. The van der Waals surface area contributed by atoms with Gasteiger partial charge in [0.2, 0.25) is 0 Å². The van der Waals surface area contributed by atoms with E-state index in [9.17, 15) is 9.32 Å². The van der Waals surface area contributed by atoms with E-state index in [-0.39, 0.29) is 11.8 Å². The highest BCUT2D eigenvalue weighted by Gasteiger charge is 2.14. The molecule has 1 aliphatic rings. The van der Waals surface area contributed by atoms with Gasteiger partial charge in [0, 0.05) is 16.1 Å². The van der Waals surface area contributed by atoms with Crippen molar-refractivity contribution >= 4 is 28.1 Å². The molecular formula is C9H7ClNO2S-. The molecule has 0 saturated carbocycles. The van der Waals surface area contributed by atoms with Gasteiger partial charge in [0.25, 0.3) is 0 Å². The molecule has 0 amide bonds. The molecule has 2 rings (SSSR count). The molecule has 0 fully saturated rings. The average Bonchev–Trinajstić information content (AvgIpc) is 2.47. The zero-order valence-corrected chi connectivity index (χ0v) is 8.72. The number of anilines is 1. The van der Waals surface area contributed by atoms with Crippen LogP contribution in [-0.4, -0.2) is 10.1 Å². The Labute approximate surface area is 89.1 Å². The lowest BCUT2D eigenvalue weighted by molar-refractivity contribution is -0.303. The van der Waals surface area contributed by atoms with E-state index in [1.54, 1.807) is 24.3 Å². The van der Waals surface area contributed by atoms with Gasteiger partial charge in [-0.05, 0) is 30.1 Å². The first-order chi connectivity index (χ1) is 6.66. The fourth-order valence-electron chi connectivity index (χ4n) is 1.23. The monoisotopic (exact) mass is 228 g/mol. The minimum atomic E-state index is -1.17. The van der Waals surface area contributed by atoms with Gasteiger partial charge in [-0.2, -0.15) is 0 Å². The van der Waals surface area contributed by atoms with Crippen LogP contribution in [0.5, 0.6) is 0 Å². The lowest BCUT2D eigenvalue weighted by atomic mass is 10.3. The molecule has 0 aromatic heterocycles. The fourth-order valence-corrected chi connectivity index (χ4v) is 2.31. The minimum absolute atomic E-state index is 0.217. The van der Waals surface area contributed by atoms with Crippen LogP contribution in [0, 0.1) is 0 Å². The quantitative estimate of drug-likeness (QED) is 0.721. The van der Waals surface area contributed by atoms with Crippen LogP contribution in [-0.2, 0) is 10.8 Å². The Balaban J connectivity index is 2.29. The normalized spacial score (nSPS) is 21.1. The summed E-state index contributed by atoms with van der Waals surface area (Å²) in [5.74, 6) is 0.0196. The molecule has 1 unspecified atom stereocenters. The van der Waals surface area contributed by atoms with Crippen molar-refractivity contribution in [2.75, 3.05) is 10.8 Å². The molecule has 5 heteroatoms. The summed E-state index contributed by atoms with van der Waals surface area (Å²) in [4.78, 5) is 1.46. The van der Waals surface area contributed by atoms with Crippen molar-refractivity contribution in [1.29, 1.82) is 0 Å². The van der Waals surface area contributed by atoms with Crippen LogP contribution in [0.3, 0.4) is 0 Å². The first-order valence-corrected chi connectivity index (χ1v) is 5.72. The summed E-state index contributed by atoms with van der Waals surface area (Å²) in [7, 11) is -1.17. The molecule has 74 valence electrons. The SMILES string of the molecule is O=S1C=C([O-])N(c2ccc(Cl)cc2)C1. The van der Waals surface area contributed by atoms with E-state index in [2.05, 4.69) is 0 Å². The molecule has 1 aliphatic heterocycles. The van der Waals surface area contributed by atoms with Crippen molar-refractivity contribution < 1.29 is 9.32 Å². The maximum absolute atomic E-state index is 11.3. The van der Waals surface area contributed by atoms with Gasteiger partial charge in [-0.25, -0.2) is 0 Å². The number of rotatable bonds is 1. The van der Waals surface area contributed by atoms with Crippen LogP contribution < -0.4 is 10.0 Å². The lowest BCUT2D eigenvalue weighted by Crippen LogP contribution is -2.26. The molecular weight excluding hydrogens is 222 g/mol. The van der Waals surface area contributed by atoms with Crippen molar-refractivity contribution in [3.05, 3.63) is 40.6 Å². The average molecular weight is 229 g/mol. The standard InChI is InChI=1S/C9H8ClNO2S/c10-7-1-3-8(4-2-7)11-6-14(13)5-9(11)12/h1-5,12H,6H2/p-1. The maximum atomic E-state index is 11.3. The van der Waals surface area contributed by atoms with Crippen molar-refractivity contribution in [3.8, 4) is 0 Å². The molecule has 0 saturated heterocycles. The van der Waals surface area contributed by atoms with Gasteiger partial charge in [-0.15, -0.1) is 0 Å². The summed E-state index contributed by atoms with van der Waals surface area (Å²) in [6.07, 6.45) is 0. The summed E-state index contributed by atoms with van der Waals surface area (Å²) in [5.41, 5.74) is 0.724. The third-order valence-corrected chi connectivity index (χ3v) is 3.12. The number of halogens is 1. The van der Waals surface area contributed by atoms with Crippen molar-refractivity contribution in [1.82, 2.24) is 0 Å². The van der Waals surface area contributed by atoms with Crippen LogP contribution in [0.4, 0.5) is 5.69 Å². The third-order valence-electron chi connectivity index (χ3n) is 1.89.